The van der Waals surface area contributed by atoms with Crippen LogP contribution in [0.3, 0.4) is 0 Å². The summed E-state index contributed by atoms with van der Waals surface area (Å²) in [6, 6.07) is 15.7. The van der Waals surface area contributed by atoms with Gasteiger partial charge in [0.2, 0.25) is 11.8 Å². The van der Waals surface area contributed by atoms with Crippen LogP contribution < -0.4 is 35.1 Å². The van der Waals surface area contributed by atoms with Gasteiger partial charge >= 0.3 is 6.18 Å². The SMILES string of the molecule is CC.CC.CC.CNC1CCN(c2ccc(NC(=O)C(C)C(=O)Nc3cccc(Oc4ccnc5cc(OC)c(OC)cc45)c3)cc2C(F)(F)F)CC1.O=CCCl. The molecule has 0 bridgehead atoms. The van der Waals surface area contributed by atoms with E-state index in [9.17, 15) is 22.8 Å². The van der Waals surface area contributed by atoms with Crippen molar-refractivity contribution in [1.29, 1.82) is 0 Å². The third kappa shape index (κ3) is 14.7. The second kappa shape index (κ2) is 26.0. The molecule has 1 atom stereocenters. The molecule has 0 spiro atoms. The average Bonchev–Trinajstić information content (AvgIpc) is 3.25. The molecule has 15 heteroatoms. The maximum Gasteiger partial charge on any atom is 0.418 e. The number of ether oxygens (including phenoxy) is 3. The van der Waals surface area contributed by atoms with Crippen molar-refractivity contribution in [2.24, 2.45) is 5.92 Å². The molecule has 0 saturated carbocycles. The van der Waals surface area contributed by atoms with Gasteiger partial charge < -0.3 is 39.9 Å². The maximum absolute atomic E-state index is 14.1. The van der Waals surface area contributed by atoms with Gasteiger partial charge in [0.1, 0.15) is 23.7 Å². The molecule has 1 aliphatic heterocycles. The predicted octanol–water partition coefficient (Wildman–Crippen LogP) is 9.97. The lowest BCUT2D eigenvalue weighted by Gasteiger charge is -2.35. The molecule has 1 aromatic heterocycles. The van der Waals surface area contributed by atoms with Crippen molar-refractivity contribution in [1.82, 2.24) is 10.3 Å². The summed E-state index contributed by atoms with van der Waals surface area (Å²) in [5, 5.41) is 8.99. The largest absolute Gasteiger partial charge is 0.493 e. The smallest absolute Gasteiger partial charge is 0.418 e. The molecule has 0 radical (unpaired) electrons. The number of carbonyl (C=O) groups is 3. The number of nitrogens with zero attached hydrogens (tertiary/aromatic N) is 2. The van der Waals surface area contributed by atoms with Crippen LogP contribution in [-0.4, -0.2) is 69.4 Å². The van der Waals surface area contributed by atoms with Crippen LogP contribution in [-0.2, 0) is 20.6 Å². The summed E-state index contributed by atoms with van der Waals surface area (Å²) in [6.07, 6.45) is -0.957. The molecule has 314 valence electrons. The van der Waals surface area contributed by atoms with Gasteiger partial charge in [-0.05, 0) is 69.3 Å². The Labute approximate surface area is 339 Å². The zero-order chi connectivity index (χ0) is 43.1. The number of halogens is 4. The number of nitrogens with one attached hydrogen (secondary N) is 3. The summed E-state index contributed by atoms with van der Waals surface area (Å²) in [7, 11) is 4.90. The van der Waals surface area contributed by atoms with Crippen LogP contribution in [0.5, 0.6) is 23.0 Å². The van der Waals surface area contributed by atoms with Crippen LogP contribution in [0, 0.1) is 5.92 Å². The summed E-state index contributed by atoms with van der Waals surface area (Å²) in [4.78, 5) is 41.1. The molecule has 0 aliphatic carbocycles. The van der Waals surface area contributed by atoms with E-state index in [-0.39, 0.29) is 23.3 Å². The highest BCUT2D eigenvalue weighted by Gasteiger charge is 2.36. The van der Waals surface area contributed by atoms with Crippen LogP contribution in [0.25, 0.3) is 10.9 Å². The Kier molecular flexibility index (Phi) is 22.7. The van der Waals surface area contributed by atoms with Gasteiger partial charge in [0, 0.05) is 59.9 Å². The third-order valence-corrected chi connectivity index (χ3v) is 8.33. The average molecular weight is 820 g/mol. The monoisotopic (exact) mass is 819 g/mol. The Morgan fingerprint density at radius 3 is 1.96 bits per heavy atom. The third-order valence-electron chi connectivity index (χ3n) is 8.20. The summed E-state index contributed by atoms with van der Waals surface area (Å²) in [6.45, 7) is 14.3. The molecule has 57 heavy (non-hydrogen) atoms. The summed E-state index contributed by atoms with van der Waals surface area (Å²) < 4.78 is 59.1. The molecule has 11 nitrogen and oxygen atoms in total. The standard InChI is InChI=1S/C34H36F3N5O5.C2H3ClO.3C2H6/c1-20(33(44)41-23-8-9-28(26(17-23)34(35,36)37)42-14-11-21(38-2)12-15-42)32(43)40-22-6-5-7-24(16-22)47-29-10-13-39-27-19-31(46-4)30(45-3)18-25(27)29;3-1-2-4;3*1-2/h5-10,13,16-21,38H,11-12,14-15H2,1-4H3,(H,40,43)(H,41,44);2H,1H2;3*1-2H3. The van der Waals surface area contributed by atoms with Crippen molar-refractivity contribution >= 4 is 57.7 Å². The van der Waals surface area contributed by atoms with E-state index in [0.29, 0.717) is 59.0 Å². The molecular weight excluding hydrogens is 763 g/mol. The number of benzene rings is 3. The quantitative estimate of drug-likeness (QED) is 0.0769. The van der Waals surface area contributed by atoms with Gasteiger partial charge in [-0.2, -0.15) is 13.2 Å². The van der Waals surface area contributed by atoms with Crippen LogP contribution in [0.1, 0.15) is 66.9 Å². The fourth-order valence-electron chi connectivity index (χ4n) is 5.45. The minimum absolute atomic E-state index is 0.0509. The molecule has 2 amide bonds. The van der Waals surface area contributed by atoms with Crippen molar-refractivity contribution < 1.29 is 41.8 Å². The van der Waals surface area contributed by atoms with Crippen molar-refractivity contribution in [3.8, 4) is 23.0 Å². The van der Waals surface area contributed by atoms with E-state index in [1.807, 2.05) is 48.6 Å². The predicted molar refractivity (Wildman–Crippen MR) is 224 cm³/mol. The first-order chi connectivity index (χ1) is 27.4. The van der Waals surface area contributed by atoms with Crippen LogP contribution >= 0.6 is 11.6 Å². The topological polar surface area (TPSA) is 131 Å². The van der Waals surface area contributed by atoms with Crippen LogP contribution in [0.2, 0.25) is 0 Å². The number of anilines is 3. The van der Waals surface area contributed by atoms with E-state index in [1.54, 1.807) is 53.6 Å². The number of hydrogen-bond donors (Lipinski definition) is 3. The molecule has 1 fully saturated rings. The van der Waals surface area contributed by atoms with E-state index in [1.165, 1.54) is 33.3 Å². The summed E-state index contributed by atoms with van der Waals surface area (Å²) in [5.74, 6) is -0.603. The Hall–Kier alpha value is -5.08. The highest BCUT2D eigenvalue weighted by Crippen LogP contribution is 2.40. The first kappa shape index (κ1) is 49.9. The zero-order valence-electron chi connectivity index (χ0n) is 34.5. The molecular formula is C42H57ClF3N5O6. The minimum Gasteiger partial charge on any atom is -0.493 e. The summed E-state index contributed by atoms with van der Waals surface area (Å²) in [5.41, 5.74) is 0.152. The first-order valence-corrected chi connectivity index (χ1v) is 19.5. The number of fused-ring (bicyclic) bond motifs is 1. The van der Waals surface area contributed by atoms with Gasteiger partial charge in [-0.25, -0.2) is 0 Å². The normalized spacial score (nSPS) is 12.6. The molecule has 3 N–H and O–H groups in total. The number of amides is 2. The number of piperidine rings is 1. The highest BCUT2D eigenvalue weighted by atomic mass is 35.5. The zero-order valence-corrected chi connectivity index (χ0v) is 35.2. The fraction of sp³-hybridized carbons (Fsp3) is 0.429. The molecule has 3 aromatic carbocycles. The molecule has 1 unspecified atom stereocenters. The van der Waals surface area contributed by atoms with Gasteiger partial charge in [0.15, 0.2) is 11.5 Å². The van der Waals surface area contributed by atoms with Gasteiger partial charge in [0.05, 0.1) is 31.2 Å². The lowest BCUT2D eigenvalue weighted by molar-refractivity contribution is -0.137. The van der Waals surface area contributed by atoms with Crippen molar-refractivity contribution in [3.05, 3.63) is 72.4 Å². The maximum atomic E-state index is 14.1. The van der Waals surface area contributed by atoms with E-state index in [2.05, 4.69) is 20.9 Å². The Bertz CT molecular complexity index is 1840. The number of rotatable bonds is 11. The molecule has 4 aromatic rings. The van der Waals surface area contributed by atoms with Crippen LogP contribution in [0.15, 0.2) is 66.9 Å². The van der Waals surface area contributed by atoms with Crippen molar-refractivity contribution in [3.63, 3.8) is 0 Å². The Balaban J connectivity index is 0.00000149. The number of aromatic nitrogens is 1. The lowest BCUT2D eigenvalue weighted by Crippen LogP contribution is -2.41. The number of carbonyl (C=O) groups excluding carboxylic acids is 3. The van der Waals surface area contributed by atoms with E-state index < -0.39 is 29.5 Å². The number of methoxy groups -OCH3 is 2. The van der Waals surface area contributed by atoms with Gasteiger partial charge in [-0.3, -0.25) is 14.6 Å². The Morgan fingerprint density at radius 2 is 1.44 bits per heavy atom. The van der Waals surface area contributed by atoms with Gasteiger partial charge in [-0.15, -0.1) is 11.6 Å². The fourth-order valence-corrected chi connectivity index (χ4v) is 5.45. The molecule has 1 saturated heterocycles. The molecule has 5 rings (SSSR count). The Morgan fingerprint density at radius 1 is 0.877 bits per heavy atom. The van der Waals surface area contributed by atoms with E-state index in [0.717, 1.165) is 18.9 Å². The minimum atomic E-state index is -4.63. The number of hydrogen-bond acceptors (Lipinski definition) is 9. The second-order valence-corrected chi connectivity index (χ2v) is 11.8. The van der Waals surface area contributed by atoms with Gasteiger partial charge in [0.25, 0.3) is 0 Å². The van der Waals surface area contributed by atoms with E-state index >= 15 is 0 Å². The molecule has 2 heterocycles. The van der Waals surface area contributed by atoms with Crippen LogP contribution in [0.4, 0.5) is 30.2 Å². The van der Waals surface area contributed by atoms with Crippen molar-refractivity contribution in [2.45, 2.75) is 73.5 Å². The number of pyridine rings is 1. The lowest BCUT2D eigenvalue weighted by atomic mass is 10.0. The van der Waals surface area contributed by atoms with E-state index in [4.69, 9.17) is 30.6 Å². The second-order valence-electron chi connectivity index (χ2n) is 11.5. The number of aldehydes is 1. The van der Waals surface area contributed by atoms with Crippen molar-refractivity contribution in [2.75, 3.05) is 55.8 Å². The first-order valence-electron chi connectivity index (χ1n) is 19.0. The highest BCUT2D eigenvalue weighted by molar-refractivity contribution is 6.24. The van der Waals surface area contributed by atoms with Gasteiger partial charge in [-0.1, -0.05) is 47.6 Å². The summed E-state index contributed by atoms with van der Waals surface area (Å²) >= 11 is 4.82. The number of alkyl halides is 4. The molecule has 1 aliphatic rings.